The highest BCUT2D eigenvalue weighted by atomic mass is 16.5. The second-order valence-electron chi connectivity index (χ2n) is 6.78. The van der Waals surface area contributed by atoms with Crippen molar-refractivity contribution < 1.29 is 14.3 Å². The smallest absolute Gasteiger partial charge is 0.258 e. The maximum atomic E-state index is 12.1. The molecule has 4 nitrogen and oxygen atoms in total. The molecule has 1 aromatic rings. The molecule has 0 aliphatic heterocycles. The van der Waals surface area contributed by atoms with E-state index in [1.807, 2.05) is 40.7 Å². The van der Waals surface area contributed by atoms with Crippen molar-refractivity contribution >= 4 is 11.7 Å². The zero-order valence-electron chi connectivity index (χ0n) is 13.4. The molecule has 0 radical (unpaired) electrons. The Morgan fingerprint density at radius 1 is 1.38 bits per heavy atom. The minimum atomic E-state index is -0.292. The number of hydrogen-bond donors (Lipinski definition) is 1. The second-order valence-corrected chi connectivity index (χ2v) is 6.78. The third kappa shape index (κ3) is 3.43. The van der Waals surface area contributed by atoms with Crippen LogP contribution in [-0.2, 0) is 4.79 Å². The van der Waals surface area contributed by atoms with E-state index in [0.29, 0.717) is 17.7 Å². The number of nitrogens with one attached hydrogen (secondary N) is 1. The number of ketones is 1. The van der Waals surface area contributed by atoms with Gasteiger partial charge in [0.25, 0.3) is 5.91 Å². The number of carbonyl (C=O) groups is 2. The lowest BCUT2D eigenvalue weighted by molar-refractivity contribution is -0.124. The first-order chi connectivity index (χ1) is 9.69. The summed E-state index contributed by atoms with van der Waals surface area (Å²) in [6.45, 7) is 9.73. The summed E-state index contributed by atoms with van der Waals surface area (Å²) < 4.78 is 5.60. The van der Waals surface area contributed by atoms with Crippen LogP contribution in [0.4, 0.5) is 0 Å². The largest absolute Gasteiger partial charge is 0.483 e. The van der Waals surface area contributed by atoms with E-state index in [0.717, 1.165) is 11.1 Å². The molecule has 0 heterocycles. The van der Waals surface area contributed by atoms with E-state index in [1.165, 1.54) is 0 Å². The fourth-order valence-corrected chi connectivity index (χ4v) is 2.83. The van der Waals surface area contributed by atoms with Crippen LogP contribution in [0.2, 0.25) is 0 Å². The van der Waals surface area contributed by atoms with Crippen LogP contribution < -0.4 is 10.1 Å². The Balaban J connectivity index is 2.16. The lowest BCUT2D eigenvalue weighted by Gasteiger charge is -2.21. The minimum Gasteiger partial charge on any atom is -0.483 e. The number of rotatable bonds is 3. The Morgan fingerprint density at radius 2 is 2.05 bits per heavy atom. The van der Waals surface area contributed by atoms with Gasteiger partial charge in [-0.3, -0.25) is 9.59 Å². The molecule has 0 bridgehead atoms. The summed E-state index contributed by atoms with van der Waals surface area (Å²) >= 11 is 0. The molecule has 1 aliphatic carbocycles. The van der Waals surface area contributed by atoms with Gasteiger partial charge in [-0.15, -0.1) is 0 Å². The van der Waals surface area contributed by atoms with Gasteiger partial charge < -0.3 is 10.1 Å². The molecule has 1 aliphatic rings. The standard InChI is InChI=1S/C17H23NO3/c1-10-6-7-13(16-12(19)8-11(2)15(10)16)21-9-14(20)18-17(3,4)5/h6-7,11H,8-9H2,1-5H3,(H,18,20). The van der Waals surface area contributed by atoms with Crippen LogP contribution >= 0.6 is 0 Å². The number of fused-ring (bicyclic) bond motifs is 1. The van der Waals surface area contributed by atoms with Crippen LogP contribution in [0.1, 0.15) is 61.5 Å². The molecule has 1 amide bonds. The summed E-state index contributed by atoms with van der Waals surface area (Å²) in [7, 11) is 0. The monoisotopic (exact) mass is 289 g/mol. The van der Waals surface area contributed by atoms with Gasteiger partial charge in [0, 0.05) is 12.0 Å². The van der Waals surface area contributed by atoms with Crippen molar-refractivity contribution in [1.82, 2.24) is 5.32 Å². The molecule has 0 spiro atoms. The average Bonchev–Trinajstić information content (AvgIpc) is 2.63. The third-order valence-electron chi connectivity index (χ3n) is 3.56. The molecule has 0 fully saturated rings. The van der Waals surface area contributed by atoms with Crippen molar-refractivity contribution in [2.75, 3.05) is 6.61 Å². The van der Waals surface area contributed by atoms with Gasteiger partial charge in [-0.1, -0.05) is 13.0 Å². The van der Waals surface area contributed by atoms with Crippen molar-refractivity contribution in [3.63, 3.8) is 0 Å². The lowest BCUT2D eigenvalue weighted by atomic mass is 9.97. The highest BCUT2D eigenvalue weighted by Gasteiger charge is 2.31. The van der Waals surface area contributed by atoms with Gasteiger partial charge in [-0.2, -0.15) is 0 Å². The zero-order chi connectivity index (χ0) is 15.8. The minimum absolute atomic E-state index is 0.0750. The molecule has 0 aromatic heterocycles. The Bertz CT molecular complexity index is 584. The number of amides is 1. The Kier molecular flexibility index (Phi) is 4.08. The van der Waals surface area contributed by atoms with Gasteiger partial charge in [-0.05, 0) is 50.8 Å². The predicted octanol–water partition coefficient (Wildman–Crippen LogP) is 2.98. The van der Waals surface area contributed by atoms with Crippen molar-refractivity contribution in [2.45, 2.75) is 52.5 Å². The van der Waals surface area contributed by atoms with Crippen LogP contribution in [0.3, 0.4) is 0 Å². The molecule has 0 saturated heterocycles. The third-order valence-corrected chi connectivity index (χ3v) is 3.56. The Labute approximate surface area is 125 Å². The molecule has 1 N–H and O–H groups in total. The van der Waals surface area contributed by atoms with E-state index >= 15 is 0 Å². The highest BCUT2D eigenvalue weighted by Crippen LogP contribution is 2.40. The zero-order valence-corrected chi connectivity index (χ0v) is 13.4. The Hall–Kier alpha value is -1.84. The van der Waals surface area contributed by atoms with E-state index < -0.39 is 0 Å². The number of ether oxygens (including phenoxy) is 1. The van der Waals surface area contributed by atoms with Gasteiger partial charge in [0.2, 0.25) is 0 Å². The van der Waals surface area contributed by atoms with E-state index in [-0.39, 0.29) is 29.8 Å². The molecular weight excluding hydrogens is 266 g/mol. The van der Waals surface area contributed by atoms with Crippen LogP contribution in [0.25, 0.3) is 0 Å². The van der Waals surface area contributed by atoms with Crippen LogP contribution in [0.5, 0.6) is 5.75 Å². The van der Waals surface area contributed by atoms with Crippen molar-refractivity contribution in [2.24, 2.45) is 0 Å². The van der Waals surface area contributed by atoms with E-state index in [4.69, 9.17) is 4.74 Å². The lowest BCUT2D eigenvalue weighted by Crippen LogP contribution is -2.43. The molecule has 2 rings (SSSR count). The molecular formula is C17H23NO3. The average molecular weight is 289 g/mol. The number of Topliss-reactive ketones (excluding diaryl/α,β-unsaturated/α-hetero) is 1. The SMILES string of the molecule is Cc1ccc(OCC(=O)NC(C)(C)C)c2c1C(C)CC2=O. The first kappa shape index (κ1) is 15.5. The summed E-state index contributed by atoms with van der Waals surface area (Å²) in [6.07, 6.45) is 0.519. The van der Waals surface area contributed by atoms with Crippen LogP contribution in [-0.4, -0.2) is 23.8 Å². The topological polar surface area (TPSA) is 55.4 Å². The van der Waals surface area contributed by atoms with Crippen molar-refractivity contribution in [3.8, 4) is 5.75 Å². The number of carbonyl (C=O) groups excluding carboxylic acids is 2. The van der Waals surface area contributed by atoms with Gasteiger partial charge in [-0.25, -0.2) is 0 Å². The maximum Gasteiger partial charge on any atom is 0.258 e. The first-order valence-electron chi connectivity index (χ1n) is 7.29. The summed E-state index contributed by atoms with van der Waals surface area (Å²) in [5, 5.41) is 2.84. The summed E-state index contributed by atoms with van der Waals surface area (Å²) in [6, 6.07) is 3.74. The molecule has 1 atom stereocenters. The second kappa shape index (κ2) is 5.51. The van der Waals surface area contributed by atoms with E-state index in [9.17, 15) is 9.59 Å². The van der Waals surface area contributed by atoms with E-state index in [1.54, 1.807) is 6.07 Å². The van der Waals surface area contributed by atoms with Gasteiger partial charge in [0.1, 0.15) is 5.75 Å². The number of aryl methyl sites for hydroxylation is 1. The normalized spacial score (nSPS) is 17.6. The molecule has 0 saturated carbocycles. The molecule has 114 valence electrons. The highest BCUT2D eigenvalue weighted by molar-refractivity contribution is 6.04. The first-order valence-corrected chi connectivity index (χ1v) is 7.29. The summed E-state index contributed by atoms with van der Waals surface area (Å²) in [5.74, 6) is 0.663. The van der Waals surface area contributed by atoms with Crippen LogP contribution in [0.15, 0.2) is 12.1 Å². The fraction of sp³-hybridized carbons (Fsp3) is 0.529. The van der Waals surface area contributed by atoms with Gasteiger partial charge in [0.15, 0.2) is 12.4 Å². The van der Waals surface area contributed by atoms with Crippen molar-refractivity contribution in [3.05, 3.63) is 28.8 Å². The summed E-state index contributed by atoms with van der Waals surface area (Å²) in [5.41, 5.74) is 2.54. The van der Waals surface area contributed by atoms with Gasteiger partial charge >= 0.3 is 0 Å². The number of hydrogen-bond acceptors (Lipinski definition) is 3. The fourth-order valence-electron chi connectivity index (χ4n) is 2.83. The summed E-state index contributed by atoms with van der Waals surface area (Å²) in [4.78, 5) is 24.0. The molecule has 21 heavy (non-hydrogen) atoms. The van der Waals surface area contributed by atoms with Crippen LogP contribution in [0, 0.1) is 6.92 Å². The van der Waals surface area contributed by atoms with Crippen molar-refractivity contribution in [1.29, 1.82) is 0 Å². The number of benzene rings is 1. The quantitative estimate of drug-likeness (QED) is 0.930. The molecule has 4 heteroatoms. The van der Waals surface area contributed by atoms with Gasteiger partial charge in [0.05, 0.1) is 5.56 Å². The predicted molar refractivity (Wildman–Crippen MR) is 81.9 cm³/mol. The van der Waals surface area contributed by atoms with E-state index in [2.05, 4.69) is 5.32 Å². The maximum absolute atomic E-state index is 12.1. The molecule has 1 aromatic carbocycles. The molecule has 1 unspecified atom stereocenters. The Morgan fingerprint density at radius 3 is 2.67 bits per heavy atom.